The van der Waals surface area contributed by atoms with Crippen LogP contribution >= 0.6 is 0 Å². The van der Waals surface area contributed by atoms with Gasteiger partial charge in [0.1, 0.15) is 6.61 Å². The van der Waals surface area contributed by atoms with E-state index >= 15 is 0 Å². The molecule has 0 spiro atoms. The summed E-state index contributed by atoms with van der Waals surface area (Å²) in [5.74, 6) is -0.984. The van der Waals surface area contributed by atoms with Crippen molar-refractivity contribution in [3.63, 3.8) is 0 Å². The summed E-state index contributed by atoms with van der Waals surface area (Å²) in [6, 6.07) is -0.127. The molecule has 0 atom stereocenters. The number of carboxylic acids is 1. The average Bonchev–Trinajstić information content (AvgIpc) is 2.49. The van der Waals surface area contributed by atoms with E-state index in [0.717, 1.165) is 0 Å². The molecule has 0 aliphatic carbocycles. The molecular weight excluding hydrogens is 280 g/mol. The highest BCUT2D eigenvalue weighted by Gasteiger charge is 2.26. The molecule has 0 unspecified atom stereocenters. The molecule has 21 heavy (non-hydrogen) atoms. The van der Waals surface area contributed by atoms with Crippen LogP contribution in [0.2, 0.25) is 0 Å². The Labute approximate surface area is 124 Å². The van der Waals surface area contributed by atoms with Crippen LogP contribution in [0.3, 0.4) is 0 Å². The lowest BCUT2D eigenvalue weighted by Gasteiger charge is -2.35. The zero-order valence-electron chi connectivity index (χ0n) is 12.4. The van der Waals surface area contributed by atoms with Crippen LogP contribution < -0.4 is 0 Å². The highest BCUT2D eigenvalue weighted by Crippen LogP contribution is 2.15. The van der Waals surface area contributed by atoms with Crippen LogP contribution in [0.1, 0.15) is 12.8 Å². The largest absolute Gasteiger partial charge is 0.480 e. The molecule has 2 amide bonds. The Morgan fingerprint density at radius 1 is 1.29 bits per heavy atom. The summed E-state index contributed by atoms with van der Waals surface area (Å²) in [5, 5.41) is 17.6. The zero-order chi connectivity index (χ0) is 15.7. The minimum absolute atomic E-state index is 0.0896. The first kappa shape index (κ1) is 17.7. The Morgan fingerprint density at radius 3 is 2.48 bits per heavy atom. The van der Waals surface area contributed by atoms with Gasteiger partial charge in [0.25, 0.3) is 0 Å². The van der Waals surface area contributed by atoms with E-state index in [1.165, 1.54) is 0 Å². The van der Waals surface area contributed by atoms with Crippen LogP contribution in [0.5, 0.6) is 0 Å². The Bertz CT molecular complexity index is 331. The molecule has 2 N–H and O–H groups in total. The molecule has 0 aromatic carbocycles. The predicted molar refractivity (Wildman–Crippen MR) is 74.1 cm³/mol. The van der Waals surface area contributed by atoms with E-state index in [1.54, 1.807) is 16.9 Å². The number of ether oxygens (including phenoxy) is 2. The van der Waals surface area contributed by atoms with Gasteiger partial charge in [-0.1, -0.05) is 0 Å². The first-order valence-corrected chi connectivity index (χ1v) is 7.05. The molecule has 1 fully saturated rings. The number of hydrogen-bond acceptors (Lipinski definition) is 5. The molecule has 1 aliphatic rings. The molecule has 1 heterocycles. The van der Waals surface area contributed by atoms with Gasteiger partial charge in [0.2, 0.25) is 0 Å². The van der Waals surface area contributed by atoms with E-state index in [0.29, 0.717) is 39.1 Å². The van der Waals surface area contributed by atoms with E-state index in [9.17, 15) is 9.59 Å². The third-order valence-electron chi connectivity index (χ3n) is 3.36. The highest BCUT2D eigenvalue weighted by atomic mass is 16.5. The van der Waals surface area contributed by atoms with E-state index < -0.39 is 5.97 Å². The number of piperidine rings is 1. The summed E-state index contributed by atoms with van der Waals surface area (Å²) in [6.07, 6.45) is 1.13. The van der Waals surface area contributed by atoms with E-state index in [4.69, 9.17) is 19.7 Å². The maximum atomic E-state index is 12.3. The topological polar surface area (TPSA) is 99.5 Å². The first-order chi connectivity index (χ1) is 10.1. The molecule has 0 saturated carbocycles. The molecule has 0 aromatic heterocycles. The number of carbonyl (C=O) groups excluding carboxylic acids is 1. The number of urea groups is 1. The van der Waals surface area contributed by atoms with Gasteiger partial charge in [-0.3, -0.25) is 0 Å². The molecule has 122 valence electrons. The monoisotopic (exact) mass is 304 g/mol. The van der Waals surface area contributed by atoms with Crippen molar-refractivity contribution in [1.29, 1.82) is 0 Å². The maximum Gasteiger partial charge on any atom is 0.329 e. The number of amides is 2. The van der Waals surface area contributed by atoms with Gasteiger partial charge in [0.15, 0.2) is 0 Å². The number of rotatable bonds is 8. The number of carbonyl (C=O) groups is 2. The quantitative estimate of drug-likeness (QED) is 0.634. The number of carboxylic acid groups (broad SMARTS) is 1. The number of aliphatic carboxylic acids is 1. The molecule has 0 radical (unpaired) electrons. The van der Waals surface area contributed by atoms with Gasteiger partial charge in [-0.15, -0.1) is 0 Å². The average molecular weight is 304 g/mol. The normalized spacial score (nSPS) is 16.0. The molecule has 1 rings (SSSR count). The first-order valence-electron chi connectivity index (χ1n) is 7.05. The second kappa shape index (κ2) is 9.54. The van der Waals surface area contributed by atoms with Crippen LogP contribution in [-0.2, 0) is 14.3 Å². The minimum atomic E-state index is -0.984. The van der Waals surface area contributed by atoms with Crippen molar-refractivity contribution in [3.8, 4) is 0 Å². The summed E-state index contributed by atoms with van der Waals surface area (Å²) < 4.78 is 10.2. The van der Waals surface area contributed by atoms with Crippen LogP contribution in [0.15, 0.2) is 0 Å². The smallest absolute Gasteiger partial charge is 0.329 e. The van der Waals surface area contributed by atoms with E-state index in [1.807, 2.05) is 0 Å². The number of aliphatic hydroxyl groups is 1. The van der Waals surface area contributed by atoms with Crippen LogP contribution in [-0.4, -0.2) is 91.2 Å². The second-order valence-corrected chi connectivity index (χ2v) is 4.88. The van der Waals surface area contributed by atoms with E-state index in [-0.39, 0.29) is 31.9 Å². The molecular formula is C13H24N2O6. The fourth-order valence-corrected chi connectivity index (χ4v) is 2.23. The number of nitrogens with zero attached hydrogens (tertiary/aromatic N) is 2. The molecule has 1 aliphatic heterocycles. The summed E-state index contributed by atoms with van der Waals surface area (Å²) >= 11 is 0. The molecule has 0 aromatic rings. The van der Waals surface area contributed by atoms with E-state index in [2.05, 4.69) is 0 Å². The number of aliphatic hydroxyl groups excluding tert-OH is 1. The van der Waals surface area contributed by atoms with Crippen molar-refractivity contribution in [2.75, 3.05) is 53.1 Å². The van der Waals surface area contributed by atoms with Crippen LogP contribution in [0.4, 0.5) is 4.79 Å². The fraction of sp³-hybridized carbons (Fsp3) is 0.846. The van der Waals surface area contributed by atoms with Crippen molar-refractivity contribution in [2.45, 2.75) is 18.9 Å². The number of hydrogen-bond donors (Lipinski definition) is 2. The third kappa shape index (κ3) is 6.28. The highest BCUT2D eigenvalue weighted by molar-refractivity contribution is 5.74. The zero-order valence-corrected chi connectivity index (χ0v) is 12.4. The van der Waals surface area contributed by atoms with Crippen molar-refractivity contribution >= 4 is 12.0 Å². The van der Waals surface area contributed by atoms with Gasteiger partial charge in [-0.05, 0) is 12.8 Å². The van der Waals surface area contributed by atoms with Crippen molar-refractivity contribution in [1.82, 2.24) is 9.80 Å². The van der Waals surface area contributed by atoms with Gasteiger partial charge < -0.3 is 29.5 Å². The molecule has 1 saturated heterocycles. The summed E-state index contributed by atoms with van der Waals surface area (Å²) in [7, 11) is 1.56. The van der Waals surface area contributed by atoms with Crippen molar-refractivity contribution < 1.29 is 29.3 Å². The minimum Gasteiger partial charge on any atom is -0.480 e. The SMILES string of the molecule is COCCN(CCO)C(=O)N1CCC(OCC(=O)O)CC1. The van der Waals surface area contributed by atoms with Crippen molar-refractivity contribution in [2.24, 2.45) is 0 Å². The van der Waals surface area contributed by atoms with Gasteiger partial charge in [-0.2, -0.15) is 0 Å². The van der Waals surface area contributed by atoms with Gasteiger partial charge >= 0.3 is 12.0 Å². The lowest BCUT2D eigenvalue weighted by molar-refractivity contribution is -0.145. The Hall–Kier alpha value is -1.38. The summed E-state index contributed by atoms with van der Waals surface area (Å²) in [4.78, 5) is 26.0. The second-order valence-electron chi connectivity index (χ2n) is 4.88. The number of likely N-dealkylation sites (tertiary alicyclic amines) is 1. The summed E-state index contributed by atoms with van der Waals surface area (Å²) in [6.45, 7) is 1.79. The Kier molecular flexibility index (Phi) is 8.03. The molecule has 8 nitrogen and oxygen atoms in total. The Morgan fingerprint density at radius 2 is 1.95 bits per heavy atom. The molecule has 8 heteroatoms. The molecule has 0 bridgehead atoms. The lowest BCUT2D eigenvalue weighted by atomic mass is 10.1. The fourth-order valence-electron chi connectivity index (χ4n) is 2.23. The van der Waals surface area contributed by atoms with Gasteiger partial charge in [-0.25, -0.2) is 9.59 Å². The van der Waals surface area contributed by atoms with Crippen molar-refractivity contribution in [3.05, 3.63) is 0 Å². The summed E-state index contributed by atoms with van der Waals surface area (Å²) in [5.41, 5.74) is 0. The van der Waals surface area contributed by atoms with Gasteiger partial charge in [0.05, 0.1) is 19.3 Å². The van der Waals surface area contributed by atoms with Crippen LogP contribution in [0, 0.1) is 0 Å². The standard InChI is InChI=1S/C13H24N2O6/c1-20-9-7-15(6-8-16)13(19)14-4-2-11(3-5-14)21-10-12(17)18/h11,16H,2-10H2,1H3,(H,17,18). The van der Waals surface area contributed by atoms with Gasteiger partial charge in [0, 0.05) is 33.3 Å². The maximum absolute atomic E-state index is 12.3. The lowest BCUT2D eigenvalue weighted by Crippen LogP contribution is -2.49. The number of methoxy groups -OCH3 is 1. The Balaban J connectivity index is 2.39. The third-order valence-corrected chi connectivity index (χ3v) is 3.36. The predicted octanol–water partition coefficient (Wildman–Crippen LogP) is -0.387. The van der Waals surface area contributed by atoms with Crippen LogP contribution in [0.25, 0.3) is 0 Å².